The first-order chi connectivity index (χ1) is 12.0. The van der Waals surface area contributed by atoms with Crippen molar-refractivity contribution in [3.8, 4) is 0 Å². The summed E-state index contributed by atoms with van der Waals surface area (Å²) >= 11 is 0. The third kappa shape index (κ3) is 4.92. The molecule has 1 aromatic carbocycles. The number of nitrogens with zero attached hydrogens (tertiary/aromatic N) is 1. The van der Waals surface area contributed by atoms with Gasteiger partial charge in [0.1, 0.15) is 0 Å². The summed E-state index contributed by atoms with van der Waals surface area (Å²) in [5.41, 5.74) is 10.3. The maximum Gasteiger partial charge on any atom is 0.0654 e. The SMILES string of the molecule is C\C=C/C(=C\C(C)=N\C(C1=Cc2cc(CC)ccc2C1)=C(C)C)CC. The highest BCUT2D eigenvalue weighted by molar-refractivity contribution is 5.95. The molecule has 0 saturated heterocycles. The molecule has 0 bridgehead atoms. The van der Waals surface area contributed by atoms with Gasteiger partial charge in [0.15, 0.2) is 0 Å². The van der Waals surface area contributed by atoms with E-state index in [-0.39, 0.29) is 0 Å². The summed E-state index contributed by atoms with van der Waals surface area (Å²) in [5.74, 6) is 0. The van der Waals surface area contributed by atoms with Gasteiger partial charge in [0, 0.05) is 12.1 Å². The summed E-state index contributed by atoms with van der Waals surface area (Å²) in [7, 11) is 0. The van der Waals surface area contributed by atoms with Crippen LogP contribution in [0.5, 0.6) is 0 Å². The topological polar surface area (TPSA) is 12.4 Å². The molecule has 2 rings (SSSR count). The van der Waals surface area contributed by atoms with E-state index in [1.165, 1.54) is 33.4 Å². The van der Waals surface area contributed by atoms with Crippen LogP contribution >= 0.6 is 0 Å². The second-order valence-corrected chi connectivity index (χ2v) is 6.91. The van der Waals surface area contributed by atoms with E-state index in [2.05, 4.69) is 84.0 Å². The van der Waals surface area contributed by atoms with E-state index >= 15 is 0 Å². The zero-order valence-corrected chi connectivity index (χ0v) is 16.6. The van der Waals surface area contributed by atoms with Crippen LogP contribution in [0.25, 0.3) is 6.08 Å². The van der Waals surface area contributed by atoms with E-state index in [0.717, 1.165) is 30.7 Å². The van der Waals surface area contributed by atoms with Crippen LogP contribution in [0.15, 0.2) is 63.8 Å². The largest absolute Gasteiger partial charge is 0.254 e. The molecule has 0 unspecified atom stereocenters. The summed E-state index contributed by atoms with van der Waals surface area (Å²) in [6.07, 6.45) is 11.9. The molecule has 132 valence electrons. The number of rotatable bonds is 6. The van der Waals surface area contributed by atoms with E-state index < -0.39 is 0 Å². The van der Waals surface area contributed by atoms with Crippen molar-refractivity contribution in [1.82, 2.24) is 0 Å². The highest BCUT2D eigenvalue weighted by Crippen LogP contribution is 2.32. The Kier molecular flexibility index (Phi) is 6.75. The molecule has 0 N–H and O–H groups in total. The van der Waals surface area contributed by atoms with Crippen molar-refractivity contribution in [1.29, 1.82) is 0 Å². The summed E-state index contributed by atoms with van der Waals surface area (Å²) in [4.78, 5) is 4.97. The molecule has 1 heteroatoms. The molecule has 0 radical (unpaired) electrons. The third-order valence-electron chi connectivity index (χ3n) is 4.58. The minimum Gasteiger partial charge on any atom is -0.254 e. The average Bonchev–Trinajstić information content (AvgIpc) is 3.01. The Morgan fingerprint density at radius 3 is 2.52 bits per heavy atom. The van der Waals surface area contributed by atoms with E-state index in [4.69, 9.17) is 4.99 Å². The van der Waals surface area contributed by atoms with Crippen LogP contribution in [0.3, 0.4) is 0 Å². The van der Waals surface area contributed by atoms with Gasteiger partial charge in [0.05, 0.1) is 5.70 Å². The van der Waals surface area contributed by atoms with Crippen LogP contribution in [-0.2, 0) is 12.8 Å². The Hall–Kier alpha value is -2.15. The van der Waals surface area contributed by atoms with Crippen molar-refractivity contribution in [2.45, 2.75) is 60.8 Å². The molecular weight excluding hydrogens is 302 g/mol. The van der Waals surface area contributed by atoms with Gasteiger partial charge < -0.3 is 0 Å². The van der Waals surface area contributed by atoms with Gasteiger partial charge in [-0.05, 0) is 80.5 Å². The van der Waals surface area contributed by atoms with Gasteiger partial charge >= 0.3 is 0 Å². The van der Waals surface area contributed by atoms with Gasteiger partial charge in [-0.2, -0.15) is 0 Å². The van der Waals surface area contributed by atoms with Crippen molar-refractivity contribution < 1.29 is 0 Å². The fourth-order valence-electron chi connectivity index (χ4n) is 3.22. The number of aryl methyl sites for hydroxylation is 1. The molecule has 1 aliphatic carbocycles. The Bertz CT molecular complexity index is 778. The van der Waals surface area contributed by atoms with Crippen LogP contribution in [-0.4, -0.2) is 5.71 Å². The lowest BCUT2D eigenvalue weighted by Gasteiger charge is -2.08. The van der Waals surface area contributed by atoms with E-state index in [1.54, 1.807) is 0 Å². The molecular formula is C24H31N. The standard InChI is InChI=1S/C24H31N/c1-7-10-19(8-2)13-18(6)25-24(17(4)5)23-15-21-12-11-20(9-3)14-22(21)16-23/h7,10-14,16H,8-9,15H2,1-6H3/b10-7-,19-13-,25-18+. The lowest BCUT2D eigenvalue weighted by atomic mass is 10.0. The fourth-order valence-corrected chi connectivity index (χ4v) is 3.22. The number of fused-ring (bicyclic) bond motifs is 1. The van der Waals surface area contributed by atoms with Gasteiger partial charge in [-0.15, -0.1) is 0 Å². The molecule has 1 nitrogen and oxygen atoms in total. The normalized spacial score (nSPS) is 14.7. The molecule has 0 amide bonds. The van der Waals surface area contributed by atoms with Crippen molar-refractivity contribution in [3.05, 3.63) is 75.5 Å². The quantitative estimate of drug-likeness (QED) is 0.398. The minimum atomic E-state index is 0.982. The highest BCUT2D eigenvalue weighted by atomic mass is 14.8. The molecule has 0 saturated carbocycles. The number of hydrogen-bond acceptors (Lipinski definition) is 1. The van der Waals surface area contributed by atoms with Gasteiger partial charge in [-0.3, -0.25) is 4.99 Å². The molecule has 1 aromatic rings. The lowest BCUT2D eigenvalue weighted by molar-refractivity contribution is 1.10. The van der Waals surface area contributed by atoms with Gasteiger partial charge in [0.2, 0.25) is 0 Å². The molecule has 0 atom stereocenters. The maximum absolute atomic E-state index is 4.97. The molecule has 0 aliphatic heterocycles. The number of aliphatic imine (C=N–C) groups is 1. The first kappa shape index (κ1) is 19.2. The first-order valence-electron chi connectivity index (χ1n) is 9.37. The smallest absolute Gasteiger partial charge is 0.0654 e. The van der Waals surface area contributed by atoms with Crippen molar-refractivity contribution in [2.24, 2.45) is 4.99 Å². The molecule has 0 aromatic heterocycles. The number of allylic oxidation sites excluding steroid dienone is 6. The predicted molar refractivity (Wildman–Crippen MR) is 112 cm³/mol. The van der Waals surface area contributed by atoms with Crippen molar-refractivity contribution in [2.75, 3.05) is 0 Å². The van der Waals surface area contributed by atoms with E-state index in [0.29, 0.717) is 0 Å². The average molecular weight is 334 g/mol. The summed E-state index contributed by atoms with van der Waals surface area (Å²) in [6, 6.07) is 6.85. The molecule has 25 heavy (non-hydrogen) atoms. The molecule has 0 spiro atoms. The Labute approximate surface area is 153 Å². The maximum atomic E-state index is 4.97. The van der Waals surface area contributed by atoms with E-state index in [1.807, 2.05) is 0 Å². The fraction of sp³-hybridized carbons (Fsp3) is 0.375. The van der Waals surface area contributed by atoms with Gasteiger partial charge in [0.25, 0.3) is 0 Å². The highest BCUT2D eigenvalue weighted by Gasteiger charge is 2.17. The Morgan fingerprint density at radius 1 is 1.16 bits per heavy atom. The Balaban J connectivity index is 2.35. The lowest BCUT2D eigenvalue weighted by Crippen LogP contribution is -1.96. The van der Waals surface area contributed by atoms with Crippen LogP contribution in [0.1, 0.15) is 64.7 Å². The monoisotopic (exact) mass is 333 g/mol. The molecule has 1 aliphatic rings. The Morgan fingerprint density at radius 2 is 1.92 bits per heavy atom. The molecule has 0 fully saturated rings. The summed E-state index contributed by atoms with van der Waals surface area (Å²) in [5, 5.41) is 0. The zero-order valence-electron chi connectivity index (χ0n) is 16.6. The predicted octanol–water partition coefficient (Wildman–Crippen LogP) is 6.86. The van der Waals surface area contributed by atoms with Crippen LogP contribution in [0.2, 0.25) is 0 Å². The minimum absolute atomic E-state index is 0.982. The third-order valence-corrected chi connectivity index (χ3v) is 4.58. The molecule has 0 heterocycles. The van der Waals surface area contributed by atoms with Crippen molar-refractivity contribution in [3.63, 3.8) is 0 Å². The van der Waals surface area contributed by atoms with E-state index in [9.17, 15) is 0 Å². The number of hydrogen-bond donors (Lipinski definition) is 0. The second-order valence-electron chi connectivity index (χ2n) is 6.91. The second kappa shape index (κ2) is 8.80. The number of benzene rings is 1. The zero-order chi connectivity index (χ0) is 18.4. The summed E-state index contributed by atoms with van der Waals surface area (Å²) in [6.45, 7) is 12.9. The van der Waals surface area contributed by atoms with Crippen LogP contribution in [0.4, 0.5) is 0 Å². The van der Waals surface area contributed by atoms with Gasteiger partial charge in [-0.25, -0.2) is 0 Å². The van der Waals surface area contributed by atoms with Crippen LogP contribution < -0.4 is 0 Å². The first-order valence-corrected chi connectivity index (χ1v) is 9.37. The van der Waals surface area contributed by atoms with Crippen LogP contribution in [0, 0.1) is 0 Å². The van der Waals surface area contributed by atoms with Gasteiger partial charge in [-0.1, -0.05) is 49.8 Å². The summed E-state index contributed by atoms with van der Waals surface area (Å²) < 4.78 is 0. The van der Waals surface area contributed by atoms with Crippen molar-refractivity contribution >= 4 is 11.8 Å².